The summed E-state index contributed by atoms with van der Waals surface area (Å²) >= 11 is 0. The number of carbonyl (C=O) groups is 3. The van der Waals surface area contributed by atoms with Gasteiger partial charge in [0.15, 0.2) is 0 Å². The van der Waals surface area contributed by atoms with E-state index in [1.807, 2.05) is 0 Å². The number of aromatic carboxylic acids is 1. The molecule has 1 saturated heterocycles. The van der Waals surface area contributed by atoms with Crippen molar-refractivity contribution in [2.75, 3.05) is 5.32 Å². The van der Waals surface area contributed by atoms with Crippen LogP contribution in [0, 0.1) is 0 Å². The lowest BCUT2D eigenvalue weighted by Crippen LogP contribution is -2.37. The molecule has 1 atom stereocenters. The number of aromatic amines is 1. The van der Waals surface area contributed by atoms with Crippen molar-refractivity contribution in [1.29, 1.82) is 0 Å². The van der Waals surface area contributed by atoms with Crippen LogP contribution in [0.5, 0.6) is 0 Å². The van der Waals surface area contributed by atoms with E-state index in [2.05, 4.69) is 15.6 Å². The van der Waals surface area contributed by atoms with Crippen LogP contribution >= 0.6 is 0 Å². The van der Waals surface area contributed by atoms with E-state index in [4.69, 9.17) is 5.11 Å². The first-order valence-corrected chi connectivity index (χ1v) is 6.94. The van der Waals surface area contributed by atoms with Crippen molar-refractivity contribution in [3.63, 3.8) is 0 Å². The predicted molar refractivity (Wildman–Crippen MR) is 81.3 cm³/mol. The lowest BCUT2D eigenvalue weighted by Gasteiger charge is -2.11. The second kappa shape index (κ2) is 5.56. The first kappa shape index (κ1) is 14.8. The molecule has 8 heteroatoms. The Kier molecular flexibility index (Phi) is 3.57. The minimum atomic E-state index is -1.32. The molecule has 8 nitrogen and oxygen atoms in total. The molecule has 23 heavy (non-hydrogen) atoms. The molecule has 0 saturated carbocycles. The van der Waals surface area contributed by atoms with Crippen LogP contribution < -0.4 is 16.1 Å². The highest BCUT2D eigenvalue weighted by molar-refractivity contribution is 6.00. The minimum absolute atomic E-state index is 0.165. The second-order valence-corrected chi connectivity index (χ2v) is 5.25. The van der Waals surface area contributed by atoms with Crippen molar-refractivity contribution in [3.8, 4) is 0 Å². The van der Waals surface area contributed by atoms with Crippen LogP contribution in [-0.4, -0.2) is 33.9 Å². The Morgan fingerprint density at radius 3 is 2.70 bits per heavy atom. The third-order valence-electron chi connectivity index (χ3n) is 3.69. The van der Waals surface area contributed by atoms with E-state index in [0.29, 0.717) is 24.0 Å². The number of hydrogen-bond donors (Lipinski definition) is 4. The van der Waals surface area contributed by atoms with Gasteiger partial charge in [0.05, 0.1) is 0 Å². The molecule has 1 aliphatic rings. The van der Waals surface area contributed by atoms with Crippen LogP contribution in [0.3, 0.4) is 0 Å². The zero-order valence-corrected chi connectivity index (χ0v) is 11.9. The molecular formula is C15H13N3O5. The number of rotatable bonds is 3. The van der Waals surface area contributed by atoms with Crippen molar-refractivity contribution in [1.82, 2.24) is 10.3 Å². The lowest BCUT2D eigenvalue weighted by atomic mass is 10.1. The molecule has 0 radical (unpaired) electrons. The normalized spacial score (nSPS) is 17.0. The number of carbonyl (C=O) groups excluding carboxylic acids is 2. The zero-order chi connectivity index (χ0) is 16.6. The monoisotopic (exact) mass is 315 g/mol. The Balaban J connectivity index is 1.91. The number of carboxylic acid groups (broad SMARTS) is 1. The Morgan fingerprint density at radius 2 is 2.04 bits per heavy atom. The van der Waals surface area contributed by atoms with Crippen molar-refractivity contribution >= 4 is 34.4 Å². The number of amides is 2. The fourth-order valence-electron chi connectivity index (χ4n) is 2.50. The van der Waals surface area contributed by atoms with E-state index >= 15 is 0 Å². The van der Waals surface area contributed by atoms with Gasteiger partial charge < -0.3 is 20.7 Å². The van der Waals surface area contributed by atoms with Gasteiger partial charge in [-0.05, 0) is 24.6 Å². The number of carboxylic acids is 1. The maximum atomic E-state index is 12.1. The Hall–Kier alpha value is -3.16. The molecule has 0 bridgehead atoms. The van der Waals surface area contributed by atoms with Crippen molar-refractivity contribution in [3.05, 3.63) is 40.2 Å². The van der Waals surface area contributed by atoms with Gasteiger partial charge in [-0.3, -0.25) is 14.4 Å². The number of fused-ring (bicyclic) bond motifs is 1. The molecule has 2 heterocycles. The smallest absolute Gasteiger partial charge is 0.341 e. The van der Waals surface area contributed by atoms with Gasteiger partial charge in [0, 0.05) is 29.2 Å². The van der Waals surface area contributed by atoms with E-state index in [1.165, 1.54) is 6.07 Å². The summed E-state index contributed by atoms with van der Waals surface area (Å²) in [6, 6.07) is 3.98. The number of aromatic nitrogens is 1. The molecule has 1 fully saturated rings. The summed E-state index contributed by atoms with van der Waals surface area (Å²) in [4.78, 5) is 49.1. The Morgan fingerprint density at radius 1 is 1.26 bits per heavy atom. The summed E-state index contributed by atoms with van der Waals surface area (Å²) in [6.07, 6.45) is 1.86. The highest BCUT2D eigenvalue weighted by atomic mass is 16.4. The van der Waals surface area contributed by atoms with Gasteiger partial charge in [0.25, 0.3) is 0 Å². The molecule has 0 aliphatic carbocycles. The second-order valence-electron chi connectivity index (χ2n) is 5.25. The minimum Gasteiger partial charge on any atom is -0.477 e. The van der Waals surface area contributed by atoms with Crippen molar-refractivity contribution < 1.29 is 19.5 Å². The van der Waals surface area contributed by atoms with E-state index in [1.54, 1.807) is 12.1 Å². The zero-order valence-electron chi connectivity index (χ0n) is 11.9. The summed E-state index contributed by atoms with van der Waals surface area (Å²) in [5.41, 5.74) is -0.176. The molecule has 2 aromatic rings. The van der Waals surface area contributed by atoms with Crippen LogP contribution in [0.2, 0.25) is 0 Å². The first-order valence-electron chi connectivity index (χ1n) is 6.94. The van der Waals surface area contributed by atoms with E-state index in [0.717, 1.165) is 6.20 Å². The van der Waals surface area contributed by atoms with Gasteiger partial charge in [0.2, 0.25) is 17.2 Å². The van der Waals surface area contributed by atoms with Gasteiger partial charge in [-0.1, -0.05) is 0 Å². The fraction of sp³-hybridized carbons (Fsp3) is 0.200. The number of anilines is 1. The highest BCUT2D eigenvalue weighted by Crippen LogP contribution is 2.17. The van der Waals surface area contributed by atoms with E-state index in [-0.39, 0.29) is 22.8 Å². The quantitative estimate of drug-likeness (QED) is 0.653. The molecular weight excluding hydrogens is 302 g/mol. The molecule has 118 valence electrons. The van der Waals surface area contributed by atoms with Crippen LogP contribution in [0.15, 0.2) is 29.2 Å². The maximum absolute atomic E-state index is 12.1. The Labute approximate surface area is 129 Å². The average Bonchev–Trinajstić information content (AvgIpc) is 2.94. The highest BCUT2D eigenvalue weighted by Gasteiger charge is 2.27. The molecule has 2 amide bonds. The topological polar surface area (TPSA) is 128 Å². The molecule has 4 N–H and O–H groups in total. The SMILES string of the molecule is O=C1CCC(C(=O)Nc2ccc3[nH]cc(C(=O)O)c(=O)c3c2)N1. The average molecular weight is 315 g/mol. The summed E-state index contributed by atoms with van der Waals surface area (Å²) < 4.78 is 0. The molecule has 0 spiro atoms. The van der Waals surface area contributed by atoms with Crippen LogP contribution in [0.25, 0.3) is 10.9 Å². The third-order valence-corrected chi connectivity index (χ3v) is 3.69. The maximum Gasteiger partial charge on any atom is 0.341 e. The van der Waals surface area contributed by atoms with Gasteiger partial charge in [-0.2, -0.15) is 0 Å². The third kappa shape index (κ3) is 2.78. The molecule has 1 aliphatic heterocycles. The summed E-state index contributed by atoms with van der Waals surface area (Å²) in [6.45, 7) is 0. The first-order chi connectivity index (χ1) is 11.0. The molecule has 1 unspecified atom stereocenters. The number of pyridine rings is 1. The standard InChI is InChI=1S/C15H13N3O5/c19-12-4-3-11(18-12)14(21)17-7-1-2-10-8(5-7)13(20)9(6-16-10)15(22)23/h1-2,5-6,11H,3-4H2,(H,16,20)(H,17,21)(H,18,19)(H,22,23). The van der Waals surface area contributed by atoms with Crippen LogP contribution in [-0.2, 0) is 9.59 Å². The molecule has 1 aromatic heterocycles. The van der Waals surface area contributed by atoms with Gasteiger partial charge >= 0.3 is 5.97 Å². The summed E-state index contributed by atoms with van der Waals surface area (Å²) in [5, 5.41) is 14.3. The number of hydrogen-bond acceptors (Lipinski definition) is 4. The molecule has 3 rings (SSSR count). The van der Waals surface area contributed by atoms with Gasteiger partial charge in [-0.25, -0.2) is 4.79 Å². The van der Waals surface area contributed by atoms with Gasteiger partial charge in [0.1, 0.15) is 11.6 Å². The number of H-pyrrole nitrogens is 1. The van der Waals surface area contributed by atoms with E-state index < -0.39 is 17.4 Å². The van der Waals surface area contributed by atoms with E-state index in [9.17, 15) is 19.2 Å². The lowest BCUT2D eigenvalue weighted by molar-refractivity contribution is -0.122. The molecule has 1 aromatic carbocycles. The summed E-state index contributed by atoms with van der Waals surface area (Å²) in [5.74, 6) is -1.87. The van der Waals surface area contributed by atoms with Crippen LogP contribution in [0.4, 0.5) is 5.69 Å². The summed E-state index contributed by atoms with van der Waals surface area (Å²) in [7, 11) is 0. The predicted octanol–water partition coefficient (Wildman–Crippen LogP) is 0.443. The number of benzene rings is 1. The largest absolute Gasteiger partial charge is 0.477 e. The van der Waals surface area contributed by atoms with Crippen molar-refractivity contribution in [2.24, 2.45) is 0 Å². The number of nitrogens with one attached hydrogen (secondary N) is 3. The fourth-order valence-corrected chi connectivity index (χ4v) is 2.50. The van der Waals surface area contributed by atoms with Crippen LogP contribution in [0.1, 0.15) is 23.2 Å². The van der Waals surface area contributed by atoms with Gasteiger partial charge in [-0.15, -0.1) is 0 Å². The van der Waals surface area contributed by atoms with Crippen molar-refractivity contribution in [2.45, 2.75) is 18.9 Å². The Bertz CT molecular complexity index is 886.